The minimum absolute atomic E-state index is 0.0539. The summed E-state index contributed by atoms with van der Waals surface area (Å²) in [5.41, 5.74) is -1.90. The molecular weight excluding hydrogens is 510 g/mol. The normalized spacial score (nSPS) is 12.9. The molecule has 0 unspecified atom stereocenters. The van der Waals surface area contributed by atoms with Crippen molar-refractivity contribution in [3.05, 3.63) is 70.8 Å². The number of oxime groups is 1. The second-order valence-electron chi connectivity index (χ2n) is 13.2. The molecule has 0 saturated heterocycles. The van der Waals surface area contributed by atoms with E-state index in [-0.39, 0.29) is 23.0 Å². The summed E-state index contributed by atoms with van der Waals surface area (Å²) in [5.74, 6) is -1.73. The zero-order valence-corrected chi connectivity index (χ0v) is 25.4. The average molecular weight is 552 g/mol. The lowest BCUT2D eigenvalue weighted by Crippen LogP contribution is -2.40. The highest BCUT2D eigenvalue weighted by Crippen LogP contribution is 2.24. The van der Waals surface area contributed by atoms with Crippen molar-refractivity contribution in [1.82, 2.24) is 0 Å². The fourth-order valence-corrected chi connectivity index (χ4v) is 3.26. The predicted molar refractivity (Wildman–Crippen MR) is 153 cm³/mol. The Labute approximate surface area is 237 Å². The number of esters is 2. The summed E-state index contributed by atoms with van der Waals surface area (Å²) >= 11 is 0. The summed E-state index contributed by atoms with van der Waals surface area (Å²) in [6.45, 7) is 19.1. The van der Waals surface area contributed by atoms with Crippen LogP contribution in [-0.4, -0.2) is 40.6 Å². The zero-order valence-electron chi connectivity index (χ0n) is 25.4. The van der Waals surface area contributed by atoms with E-state index in [2.05, 4.69) is 5.16 Å². The highest BCUT2D eigenvalue weighted by atomic mass is 16.7. The molecule has 0 aromatic heterocycles. The number of rotatable bonds is 7. The van der Waals surface area contributed by atoms with Crippen LogP contribution in [0, 0.1) is 10.8 Å². The third-order valence-electron chi connectivity index (χ3n) is 5.58. The van der Waals surface area contributed by atoms with Crippen molar-refractivity contribution in [2.75, 3.05) is 0 Å². The fourth-order valence-electron chi connectivity index (χ4n) is 3.26. The molecule has 0 radical (unpaired) electrons. The molecule has 0 saturated carbocycles. The van der Waals surface area contributed by atoms with E-state index < -0.39 is 34.0 Å². The van der Waals surface area contributed by atoms with E-state index >= 15 is 0 Å². The number of hydrogen-bond acceptors (Lipinski definition) is 8. The van der Waals surface area contributed by atoms with Gasteiger partial charge in [0.25, 0.3) is 5.90 Å². The summed E-state index contributed by atoms with van der Waals surface area (Å²) in [5, 5.41) is 4.02. The van der Waals surface area contributed by atoms with Crippen LogP contribution in [0.25, 0.3) is 0 Å². The van der Waals surface area contributed by atoms with Gasteiger partial charge in [0, 0.05) is 27.5 Å². The number of carbonyl (C=O) groups is 4. The lowest BCUT2D eigenvalue weighted by Gasteiger charge is -2.26. The first-order chi connectivity index (χ1) is 18.1. The molecule has 0 bridgehead atoms. The standard InChI is InChI=1S/C32H41NO7/c1-29(2,3)24(34)20-12-16-22(17-13-20)26(33-40-32(10,11)28(37)39-31(7,8)9)38-27(36)23-18-14-21(15-19-23)25(35)30(4,5)6/h12-19H,1-11H3. The highest BCUT2D eigenvalue weighted by molar-refractivity contribution is 6.06. The third-order valence-corrected chi connectivity index (χ3v) is 5.58. The van der Waals surface area contributed by atoms with Crippen LogP contribution in [0.15, 0.2) is 53.7 Å². The summed E-state index contributed by atoms with van der Waals surface area (Å²) in [6, 6.07) is 12.5. The Bertz CT molecular complexity index is 1280. The Morgan fingerprint density at radius 3 is 1.32 bits per heavy atom. The lowest BCUT2D eigenvalue weighted by atomic mass is 9.86. The molecule has 40 heavy (non-hydrogen) atoms. The molecule has 0 aliphatic heterocycles. The van der Waals surface area contributed by atoms with Crippen LogP contribution in [0.4, 0.5) is 0 Å². The Hall–Kier alpha value is -3.81. The molecule has 0 heterocycles. The van der Waals surface area contributed by atoms with Gasteiger partial charge >= 0.3 is 11.9 Å². The van der Waals surface area contributed by atoms with E-state index in [9.17, 15) is 19.2 Å². The molecule has 8 nitrogen and oxygen atoms in total. The lowest BCUT2D eigenvalue weighted by molar-refractivity contribution is -0.179. The quantitative estimate of drug-likeness (QED) is 0.122. The van der Waals surface area contributed by atoms with E-state index in [0.717, 1.165) is 0 Å². The largest absolute Gasteiger partial charge is 0.457 e. The summed E-state index contributed by atoms with van der Waals surface area (Å²) < 4.78 is 11.0. The first-order valence-electron chi connectivity index (χ1n) is 13.1. The molecule has 0 atom stereocenters. The third kappa shape index (κ3) is 8.86. The van der Waals surface area contributed by atoms with Crippen LogP contribution in [0.5, 0.6) is 0 Å². The van der Waals surface area contributed by atoms with Crippen LogP contribution in [0.2, 0.25) is 0 Å². The molecule has 0 aliphatic carbocycles. The maximum Gasteiger partial charge on any atom is 0.353 e. The number of carbonyl (C=O) groups excluding carboxylic acids is 4. The molecular formula is C32H41NO7. The average Bonchev–Trinajstić information content (AvgIpc) is 2.83. The summed E-state index contributed by atoms with van der Waals surface area (Å²) in [6.07, 6.45) is 0. The Morgan fingerprint density at radius 2 is 0.950 bits per heavy atom. The smallest absolute Gasteiger partial charge is 0.353 e. The number of ether oxygens (including phenoxy) is 2. The van der Waals surface area contributed by atoms with Gasteiger partial charge in [0.2, 0.25) is 5.60 Å². The van der Waals surface area contributed by atoms with Crippen LogP contribution in [-0.2, 0) is 19.1 Å². The first kappa shape index (κ1) is 32.4. The van der Waals surface area contributed by atoms with Gasteiger partial charge in [-0.3, -0.25) is 9.59 Å². The molecule has 216 valence electrons. The molecule has 0 N–H and O–H groups in total. The molecule has 2 aromatic carbocycles. The highest BCUT2D eigenvalue weighted by Gasteiger charge is 2.36. The van der Waals surface area contributed by atoms with Crippen LogP contribution >= 0.6 is 0 Å². The van der Waals surface area contributed by atoms with E-state index in [0.29, 0.717) is 16.7 Å². The van der Waals surface area contributed by atoms with Gasteiger partial charge in [0.1, 0.15) is 5.60 Å². The van der Waals surface area contributed by atoms with Gasteiger partial charge in [-0.05, 0) is 64.0 Å². The van der Waals surface area contributed by atoms with Crippen LogP contribution < -0.4 is 0 Å². The van der Waals surface area contributed by atoms with E-state index in [4.69, 9.17) is 14.3 Å². The maximum atomic E-state index is 13.1. The van der Waals surface area contributed by atoms with Crippen LogP contribution in [0.1, 0.15) is 113 Å². The SMILES string of the molecule is CC(C)(C)OC(=O)C(C)(C)ON=C(OC(=O)c1ccc(C(=O)C(C)(C)C)cc1)c1ccc(C(=O)C(C)(C)C)cc1. The molecule has 0 aliphatic rings. The number of benzene rings is 2. The van der Waals surface area contributed by atoms with Gasteiger partial charge in [-0.2, -0.15) is 0 Å². The molecule has 8 heteroatoms. The molecule has 0 fully saturated rings. The number of nitrogens with zero attached hydrogens (tertiary/aromatic N) is 1. The Kier molecular flexibility index (Phi) is 9.51. The van der Waals surface area contributed by atoms with E-state index in [1.807, 2.05) is 41.5 Å². The predicted octanol–water partition coefficient (Wildman–Crippen LogP) is 6.80. The van der Waals surface area contributed by atoms with Crippen molar-refractivity contribution in [2.45, 2.75) is 87.4 Å². The van der Waals surface area contributed by atoms with Crippen molar-refractivity contribution in [1.29, 1.82) is 0 Å². The van der Waals surface area contributed by atoms with Gasteiger partial charge in [-0.25, -0.2) is 9.59 Å². The minimum atomic E-state index is -1.50. The van der Waals surface area contributed by atoms with Crippen molar-refractivity contribution in [3.63, 3.8) is 0 Å². The van der Waals surface area contributed by atoms with Crippen LogP contribution in [0.3, 0.4) is 0 Å². The monoisotopic (exact) mass is 551 g/mol. The Balaban J connectivity index is 2.41. The van der Waals surface area contributed by atoms with Gasteiger partial charge in [-0.1, -0.05) is 65.8 Å². The second-order valence-corrected chi connectivity index (χ2v) is 13.2. The molecule has 2 rings (SSSR count). The van der Waals surface area contributed by atoms with E-state index in [1.54, 1.807) is 57.2 Å². The summed E-state index contributed by atoms with van der Waals surface area (Å²) in [7, 11) is 0. The van der Waals surface area contributed by atoms with Crippen molar-refractivity contribution < 1.29 is 33.5 Å². The number of ketones is 2. The van der Waals surface area contributed by atoms with E-state index in [1.165, 1.54) is 26.0 Å². The number of hydrogen-bond donors (Lipinski definition) is 0. The van der Waals surface area contributed by atoms with Gasteiger partial charge in [0.05, 0.1) is 5.56 Å². The van der Waals surface area contributed by atoms with Crippen molar-refractivity contribution in [2.24, 2.45) is 16.0 Å². The Morgan fingerprint density at radius 1 is 0.575 bits per heavy atom. The minimum Gasteiger partial charge on any atom is -0.457 e. The maximum absolute atomic E-state index is 13.1. The van der Waals surface area contributed by atoms with Gasteiger partial charge < -0.3 is 14.3 Å². The van der Waals surface area contributed by atoms with Gasteiger partial charge in [-0.15, -0.1) is 0 Å². The van der Waals surface area contributed by atoms with Crippen molar-refractivity contribution in [3.8, 4) is 0 Å². The number of Topliss-reactive ketones (excluding diaryl/α,β-unsaturated/α-hetero) is 2. The molecule has 0 amide bonds. The summed E-state index contributed by atoms with van der Waals surface area (Å²) in [4.78, 5) is 56.5. The van der Waals surface area contributed by atoms with Gasteiger partial charge in [0.15, 0.2) is 11.6 Å². The fraction of sp³-hybridized carbons (Fsp3) is 0.469. The molecule has 0 spiro atoms. The first-order valence-corrected chi connectivity index (χ1v) is 13.1. The second kappa shape index (κ2) is 11.7. The van der Waals surface area contributed by atoms with Crippen molar-refractivity contribution >= 4 is 29.4 Å². The zero-order chi connectivity index (χ0) is 30.7. The topological polar surface area (TPSA) is 108 Å². The molecule has 2 aromatic rings.